The second-order valence-electron chi connectivity index (χ2n) is 5.51. The molecule has 2 nitrogen and oxygen atoms in total. The third kappa shape index (κ3) is 3.47. The minimum atomic E-state index is 0.259. The fourth-order valence-electron chi connectivity index (χ4n) is 2.61. The van der Waals surface area contributed by atoms with E-state index in [-0.39, 0.29) is 6.04 Å². The quantitative estimate of drug-likeness (QED) is 0.900. The van der Waals surface area contributed by atoms with Crippen LogP contribution in [-0.4, -0.2) is 18.5 Å². The molecule has 0 aromatic heterocycles. The lowest BCUT2D eigenvalue weighted by Crippen LogP contribution is -2.30. The summed E-state index contributed by atoms with van der Waals surface area (Å²) in [5, 5.41) is 0. The van der Waals surface area contributed by atoms with Crippen molar-refractivity contribution in [2.24, 2.45) is 5.73 Å². The second-order valence-corrected chi connectivity index (χ2v) is 5.51. The van der Waals surface area contributed by atoms with Crippen molar-refractivity contribution in [2.75, 3.05) is 13.6 Å². The first-order valence-electron chi connectivity index (χ1n) is 7.13. The lowest BCUT2D eigenvalue weighted by Gasteiger charge is -2.28. The van der Waals surface area contributed by atoms with E-state index in [2.05, 4.69) is 74.3 Å². The number of aryl methyl sites for hydroxylation is 2. The molecular formula is C18H24N2. The van der Waals surface area contributed by atoms with Crippen LogP contribution in [0.25, 0.3) is 0 Å². The van der Waals surface area contributed by atoms with Crippen molar-refractivity contribution in [1.29, 1.82) is 0 Å². The zero-order valence-electron chi connectivity index (χ0n) is 12.6. The van der Waals surface area contributed by atoms with Crippen molar-refractivity contribution in [2.45, 2.75) is 26.4 Å². The summed E-state index contributed by atoms with van der Waals surface area (Å²) in [7, 11) is 2.15. The van der Waals surface area contributed by atoms with E-state index in [0.29, 0.717) is 6.54 Å². The van der Waals surface area contributed by atoms with Gasteiger partial charge in [0.25, 0.3) is 0 Å². The van der Waals surface area contributed by atoms with E-state index < -0.39 is 0 Å². The van der Waals surface area contributed by atoms with Gasteiger partial charge in [-0.05, 0) is 37.6 Å². The lowest BCUT2D eigenvalue weighted by atomic mass is 10.0. The van der Waals surface area contributed by atoms with Crippen molar-refractivity contribution in [1.82, 2.24) is 4.90 Å². The molecule has 0 spiro atoms. The fraction of sp³-hybridized carbons (Fsp3) is 0.333. The molecular weight excluding hydrogens is 244 g/mol. The molecule has 0 aliphatic carbocycles. The Morgan fingerprint density at radius 2 is 1.80 bits per heavy atom. The highest BCUT2D eigenvalue weighted by molar-refractivity contribution is 5.28. The second kappa shape index (κ2) is 6.69. The number of hydrogen-bond donors (Lipinski definition) is 1. The lowest BCUT2D eigenvalue weighted by molar-refractivity contribution is 0.241. The highest BCUT2D eigenvalue weighted by atomic mass is 15.1. The molecule has 0 heterocycles. The molecule has 2 rings (SSSR count). The number of likely N-dealkylation sites (N-methyl/N-ethyl adjacent to an activating group) is 1. The van der Waals surface area contributed by atoms with Crippen LogP contribution in [0.2, 0.25) is 0 Å². The minimum absolute atomic E-state index is 0.259. The van der Waals surface area contributed by atoms with Gasteiger partial charge in [-0.2, -0.15) is 0 Å². The molecule has 2 heteroatoms. The zero-order chi connectivity index (χ0) is 14.5. The van der Waals surface area contributed by atoms with E-state index in [0.717, 1.165) is 6.54 Å². The number of hydrogen-bond acceptors (Lipinski definition) is 2. The summed E-state index contributed by atoms with van der Waals surface area (Å²) < 4.78 is 0. The maximum Gasteiger partial charge on any atom is 0.0471 e. The maximum absolute atomic E-state index is 6.01. The van der Waals surface area contributed by atoms with Crippen molar-refractivity contribution in [3.63, 3.8) is 0 Å². The van der Waals surface area contributed by atoms with Crippen LogP contribution >= 0.6 is 0 Å². The average molecular weight is 268 g/mol. The maximum atomic E-state index is 6.01. The van der Waals surface area contributed by atoms with Gasteiger partial charge in [-0.25, -0.2) is 0 Å². The van der Waals surface area contributed by atoms with E-state index in [4.69, 9.17) is 5.73 Å². The number of rotatable bonds is 5. The van der Waals surface area contributed by atoms with E-state index in [9.17, 15) is 0 Å². The molecule has 2 N–H and O–H groups in total. The zero-order valence-corrected chi connectivity index (χ0v) is 12.6. The Morgan fingerprint density at radius 3 is 2.45 bits per heavy atom. The first kappa shape index (κ1) is 14.8. The first-order chi connectivity index (χ1) is 9.61. The standard InChI is InChI=1S/C18H24N2/c1-14-7-6-10-16(11-14)18(12-19)20(3)13-17-9-5-4-8-15(17)2/h4-11,18H,12-13,19H2,1-3H3. The van der Waals surface area contributed by atoms with Gasteiger partial charge < -0.3 is 5.73 Å². The predicted octanol–water partition coefficient (Wildman–Crippen LogP) is 3.44. The van der Waals surface area contributed by atoms with E-state index in [1.165, 1.54) is 22.3 Å². The Hall–Kier alpha value is -1.64. The molecule has 0 amide bonds. The summed E-state index contributed by atoms with van der Waals surface area (Å²) >= 11 is 0. The number of benzene rings is 2. The van der Waals surface area contributed by atoms with Crippen LogP contribution in [0.5, 0.6) is 0 Å². The summed E-state index contributed by atoms with van der Waals surface area (Å²) in [6, 6.07) is 17.4. The molecule has 2 aromatic carbocycles. The summed E-state index contributed by atoms with van der Waals surface area (Å²) in [5.74, 6) is 0. The monoisotopic (exact) mass is 268 g/mol. The normalized spacial score (nSPS) is 12.7. The molecule has 0 aliphatic rings. The summed E-state index contributed by atoms with van der Waals surface area (Å²) in [6.07, 6.45) is 0. The fourth-order valence-corrected chi connectivity index (χ4v) is 2.61. The molecule has 0 bridgehead atoms. The Labute approximate surface area is 122 Å². The van der Waals surface area contributed by atoms with Gasteiger partial charge in [-0.15, -0.1) is 0 Å². The van der Waals surface area contributed by atoms with Gasteiger partial charge in [-0.1, -0.05) is 54.1 Å². The molecule has 0 saturated carbocycles. The molecule has 0 aliphatic heterocycles. The Balaban J connectivity index is 2.17. The molecule has 2 aromatic rings. The number of nitrogens with zero attached hydrogens (tertiary/aromatic N) is 1. The van der Waals surface area contributed by atoms with Gasteiger partial charge in [0.2, 0.25) is 0 Å². The van der Waals surface area contributed by atoms with Crippen LogP contribution in [0.3, 0.4) is 0 Å². The largest absolute Gasteiger partial charge is 0.329 e. The van der Waals surface area contributed by atoms with E-state index >= 15 is 0 Å². The molecule has 1 unspecified atom stereocenters. The van der Waals surface area contributed by atoms with Crippen molar-refractivity contribution < 1.29 is 0 Å². The third-order valence-corrected chi connectivity index (χ3v) is 3.86. The molecule has 1 atom stereocenters. The third-order valence-electron chi connectivity index (χ3n) is 3.86. The molecule has 0 fully saturated rings. The van der Waals surface area contributed by atoms with Crippen LogP contribution in [0.1, 0.15) is 28.3 Å². The molecule has 0 saturated heterocycles. The van der Waals surface area contributed by atoms with Crippen LogP contribution in [0, 0.1) is 13.8 Å². The Morgan fingerprint density at radius 1 is 1.05 bits per heavy atom. The molecule has 0 radical (unpaired) electrons. The molecule has 20 heavy (non-hydrogen) atoms. The van der Waals surface area contributed by atoms with Gasteiger partial charge in [0.15, 0.2) is 0 Å². The smallest absolute Gasteiger partial charge is 0.0471 e. The highest BCUT2D eigenvalue weighted by Crippen LogP contribution is 2.22. The van der Waals surface area contributed by atoms with E-state index in [1.54, 1.807) is 0 Å². The highest BCUT2D eigenvalue weighted by Gasteiger charge is 2.16. The molecule has 106 valence electrons. The van der Waals surface area contributed by atoms with Crippen LogP contribution in [0.15, 0.2) is 48.5 Å². The van der Waals surface area contributed by atoms with Crippen molar-refractivity contribution in [3.05, 3.63) is 70.8 Å². The van der Waals surface area contributed by atoms with Gasteiger partial charge >= 0.3 is 0 Å². The summed E-state index contributed by atoms with van der Waals surface area (Å²) in [4.78, 5) is 2.33. The predicted molar refractivity (Wildman–Crippen MR) is 85.6 cm³/mol. The van der Waals surface area contributed by atoms with Gasteiger partial charge in [-0.3, -0.25) is 4.90 Å². The van der Waals surface area contributed by atoms with Crippen molar-refractivity contribution in [3.8, 4) is 0 Å². The minimum Gasteiger partial charge on any atom is -0.329 e. The Kier molecular flexibility index (Phi) is 4.94. The topological polar surface area (TPSA) is 29.3 Å². The van der Waals surface area contributed by atoms with Gasteiger partial charge in [0, 0.05) is 19.1 Å². The first-order valence-corrected chi connectivity index (χ1v) is 7.13. The Bertz CT molecular complexity index is 563. The van der Waals surface area contributed by atoms with Crippen LogP contribution in [0.4, 0.5) is 0 Å². The average Bonchev–Trinajstić information content (AvgIpc) is 2.42. The SMILES string of the molecule is Cc1cccc(C(CN)N(C)Cc2ccccc2C)c1. The van der Waals surface area contributed by atoms with Gasteiger partial charge in [0.1, 0.15) is 0 Å². The van der Waals surface area contributed by atoms with Crippen LogP contribution < -0.4 is 5.73 Å². The van der Waals surface area contributed by atoms with Crippen LogP contribution in [-0.2, 0) is 6.54 Å². The summed E-state index contributed by atoms with van der Waals surface area (Å²) in [5.41, 5.74) is 11.3. The summed E-state index contributed by atoms with van der Waals surface area (Å²) in [6.45, 7) is 5.83. The number of nitrogens with two attached hydrogens (primary N) is 1. The van der Waals surface area contributed by atoms with Crippen molar-refractivity contribution >= 4 is 0 Å². The van der Waals surface area contributed by atoms with E-state index in [1.807, 2.05) is 0 Å². The van der Waals surface area contributed by atoms with Gasteiger partial charge in [0.05, 0.1) is 0 Å².